The molecule has 110 valence electrons. The highest BCUT2D eigenvalue weighted by atomic mass is 19.4. The predicted octanol–water partition coefficient (Wildman–Crippen LogP) is 2.49. The molecule has 2 unspecified atom stereocenters. The number of alkyl halides is 4. The van der Waals surface area contributed by atoms with Crippen LogP contribution in [0.5, 0.6) is 0 Å². The SMILES string of the molecule is FC1CN(CC2(C(F)(F)F)CC2)CCC1NC1CC1. The second-order valence-electron chi connectivity index (χ2n) is 6.37. The Labute approximate surface area is 110 Å². The normalized spacial score (nSPS) is 35.4. The van der Waals surface area contributed by atoms with Crippen LogP contribution in [0.1, 0.15) is 32.1 Å². The topological polar surface area (TPSA) is 15.3 Å². The lowest BCUT2D eigenvalue weighted by atomic mass is 9.99. The summed E-state index contributed by atoms with van der Waals surface area (Å²) >= 11 is 0. The molecule has 0 spiro atoms. The van der Waals surface area contributed by atoms with E-state index in [4.69, 9.17) is 0 Å². The molecule has 1 aliphatic heterocycles. The Hall–Kier alpha value is -0.360. The molecule has 3 rings (SSSR count). The van der Waals surface area contributed by atoms with E-state index in [1.807, 2.05) is 0 Å². The summed E-state index contributed by atoms with van der Waals surface area (Å²) in [5.74, 6) is 0. The van der Waals surface area contributed by atoms with Crippen LogP contribution < -0.4 is 5.32 Å². The van der Waals surface area contributed by atoms with Gasteiger partial charge in [0.25, 0.3) is 0 Å². The molecule has 1 N–H and O–H groups in total. The van der Waals surface area contributed by atoms with Crippen molar-refractivity contribution in [1.82, 2.24) is 10.2 Å². The van der Waals surface area contributed by atoms with Gasteiger partial charge in [0.2, 0.25) is 0 Å². The molecule has 3 aliphatic rings. The number of hydrogen-bond acceptors (Lipinski definition) is 2. The summed E-state index contributed by atoms with van der Waals surface area (Å²) in [5, 5.41) is 3.25. The standard InChI is InChI=1S/C13H20F4N2/c14-10-7-19(6-3-11(10)18-9-1-2-9)8-12(4-5-12)13(15,16)17/h9-11,18H,1-8H2. The third kappa shape index (κ3) is 2.89. The molecular weight excluding hydrogens is 260 g/mol. The van der Waals surface area contributed by atoms with Crippen LogP contribution in [0.15, 0.2) is 0 Å². The van der Waals surface area contributed by atoms with E-state index in [1.165, 1.54) is 0 Å². The van der Waals surface area contributed by atoms with Crippen molar-refractivity contribution >= 4 is 0 Å². The number of rotatable bonds is 4. The maximum Gasteiger partial charge on any atom is 0.395 e. The fourth-order valence-electron chi connectivity index (χ4n) is 2.96. The molecule has 1 heterocycles. The summed E-state index contributed by atoms with van der Waals surface area (Å²) < 4.78 is 52.6. The minimum atomic E-state index is -4.14. The smallest absolute Gasteiger partial charge is 0.308 e. The predicted molar refractivity (Wildman–Crippen MR) is 63.6 cm³/mol. The molecule has 3 fully saturated rings. The van der Waals surface area contributed by atoms with Crippen molar-refractivity contribution in [3.05, 3.63) is 0 Å². The number of nitrogens with one attached hydrogen (secondary N) is 1. The van der Waals surface area contributed by atoms with Crippen molar-refractivity contribution in [2.24, 2.45) is 5.41 Å². The maximum absolute atomic E-state index is 14.0. The van der Waals surface area contributed by atoms with Crippen LogP contribution in [0.25, 0.3) is 0 Å². The molecule has 2 atom stereocenters. The third-order valence-electron chi connectivity index (χ3n) is 4.63. The van der Waals surface area contributed by atoms with Crippen LogP contribution in [0.4, 0.5) is 17.6 Å². The average molecular weight is 280 g/mol. The van der Waals surface area contributed by atoms with Gasteiger partial charge in [0.1, 0.15) is 6.17 Å². The van der Waals surface area contributed by atoms with Gasteiger partial charge in [-0.15, -0.1) is 0 Å². The highest BCUT2D eigenvalue weighted by molar-refractivity contribution is 5.02. The number of halogens is 4. The van der Waals surface area contributed by atoms with Crippen molar-refractivity contribution in [3.63, 3.8) is 0 Å². The highest BCUT2D eigenvalue weighted by Gasteiger charge is 2.63. The Kier molecular flexibility index (Phi) is 3.29. The van der Waals surface area contributed by atoms with E-state index in [9.17, 15) is 17.6 Å². The minimum Gasteiger partial charge on any atom is -0.308 e. The van der Waals surface area contributed by atoms with Crippen LogP contribution >= 0.6 is 0 Å². The Morgan fingerprint density at radius 3 is 2.32 bits per heavy atom. The number of piperidine rings is 1. The van der Waals surface area contributed by atoms with Crippen molar-refractivity contribution in [2.45, 2.75) is 56.5 Å². The second kappa shape index (κ2) is 4.58. The lowest BCUT2D eigenvalue weighted by Crippen LogP contribution is -2.53. The minimum absolute atomic E-state index is 0.0208. The van der Waals surface area contributed by atoms with Gasteiger partial charge in [-0.3, -0.25) is 4.90 Å². The monoisotopic (exact) mass is 280 g/mol. The highest BCUT2D eigenvalue weighted by Crippen LogP contribution is 2.58. The Bertz CT molecular complexity index is 336. The van der Waals surface area contributed by atoms with E-state index in [0.29, 0.717) is 19.0 Å². The van der Waals surface area contributed by atoms with Gasteiger partial charge >= 0.3 is 6.18 Å². The molecule has 19 heavy (non-hydrogen) atoms. The van der Waals surface area contributed by atoms with Crippen molar-refractivity contribution in [3.8, 4) is 0 Å². The van der Waals surface area contributed by atoms with E-state index in [1.54, 1.807) is 4.90 Å². The largest absolute Gasteiger partial charge is 0.395 e. The Morgan fingerprint density at radius 1 is 1.16 bits per heavy atom. The van der Waals surface area contributed by atoms with Crippen LogP contribution in [-0.2, 0) is 0 Å². The molecule has 2 nitrogen and oxygen atoms in total. The molecule has 2 saturated carbocycles. The molecule has 0 aromatic carbocycles. The van der Waals surface area contributed by atoms with E-state index >= 15 is 0 Å². The number of nitrogens with zero attached hydrogens (tertiary/aromatic N) is 1. The van der Waals surface area contributed by atoms with E-state index in [0.717, 1.165) is 12.8 Å². The summed E-state index contributed by atoms with van der Waals surface area (Å²) in [4.78, 5) is 1.66. The zero-order chi connectivity index (χ0) is 13.7. The van der Waals surface area contributed by atoms with E-state index in [2.05, 4.69) is 5.32 Å². The van der Waals surface area contributed by atoms with Crippen molar-refractivity contribution in [1.29, 1.82) is 0 Å². The molecule has 6 heteroatoms. The van der Waals surface area contributed by atoms with Gasteiger partial charge in [-0.25, -0.2) is 4.39 Å². The molecule has 2 aliphatic carbocycles. The second-order valence-corrected chi connectivity index (χ2v) is 6.37. The van der Waals surface area contributed by atoms with Crippen molar-refractivity contribution in [2.75, 3.05) is 19.6 Å². The Balaban J connectivity index is 1.51. The van der Waals surface area contributed by atoms with Gasteiger partial charge in [0.05, 0.1) is 5.41 Å². The van der Waals surface area contributed by atoms with Gasteiger partial charge in [-0.2, -0.15) is 13.2 Å². The fourth-order valence-corrected chi connectivity index (χ4v) is 2.96. The van der Waals surface area contributed by atoms with Gasteiger partial charge in [0.15, 0.2) is 0 Å². The van der Waals surface area contributed by atoms with Gasteiger partial charge in [-0.1, -0.05) is 0 Å². The summed E-state index contributed by atoms with van der Waals surface area (Å²) in [7, 11) is 0. The van der Waals surface area contributed by atoms with Crippen LogP contribution in [0.2, 0.25) is 0 Å². The molecular formula is C13H20F4N2. The number of hydrogen-bond donors (Lipinski definition) is 1. The third-order valence-corrected chi connectivity index (χ3v) is 4.63. The first-order valence-electron chi connectivity index (χ1n) is 7.09. The zero-order valence-corrected chi connectivity index (χ0v) is 10.8. The molecule has 1 saturated heterocycles. The molecule has 0 aromatic rings. The van der Waals surface area contributed by atoms with Gasteiger partial charge in [-0.05, 0) is 38.6 Å². The van der Waals surface area contributed by atoms with Crippen LogP contribution in [0, 0.1) is 5.41 Å². The molecule has 0 amide bonds. The Morgan fingerprint density at radius 2 is 1.84 bits per heavy atom. The molecule has 0 bridgehead atoms. The molecule has 0 radical (unpaired) electrons. The summed E-state index contributed by atoms with van der Waals surface area (Å²) in [6.07, 6.45) is -1.96. The zero-order valence-electron chi connectivity index (χ0n) is 10.8. The summed E-state index contributed by atoms with van der Waals surface area (Å²) in [5.41, 5.74) is -1.54. The first-order chi connectivity index (χ1) is 8.90. The summed E-state index contributed by atoms with van der Waals surface area (Å²) in [6, 6.07) is 0.282. The first-order valence-corrected chi connectivity index (χ1v) is 7.09. The average Bonchev–Trinajstić information content (AvgIpc) is 3.16. The maximum atomic E-state index is 14.0. The first kappa shape index (κ1) is 13.6. The van der Waals surface area contributed by atoms with Gasteiger partial charge in [0, 0.05) is 25.2 Å². The lowest BCUT2D eigenvalue weighted by Gasteiger charge is -2.37. The lowest BCUT2D eigenvalue weighted by molar-refractivity contribution is -0.193. The molecule has 0 aromatic heterocycles. The van der Waals surface area contributed by atoms with E-state index < -0.39 is 17.8 Å². The van der Waals surface area contributed by atoms with E-state index in [-0.39, 0.29) is 32.0 Å². The van der Waals surface area contributed by atoms with Crippen LogP contribution in [-0.4, -0.2) is 49.0 Å². The summed E-state index contributed by atoms with van der Waals surface area (Å²) in [6.45, 7) is 0.692. The number of likely N-dealkylation sites (tertiary alicyclic amines) is 1. The van der Waals surface area contributed by atoms with Crippen LogP contribution in [0.3, 0.4) is 0 Å². The van der Waals surface area contributed by atoms with Gasteiger partial charge < -0.3 is 5.32 Å². The quantitative estimate of drug-likeness (QED) is 0.796. The fraction of sp³-hybridized carbons (Fsp3) is 1.00. The van der Waals surface area contributed by atoms with Crippen molar-refractivity contribution < 1.29 is 17.6 Å².